The van der Waals surface area contributed by atoms with Gasteiger partial charge in [0.25, 0.3) is 0 Å². The topological polar surface area (TPSA) is 65.4 Å². The van der Waals surface area contributed by atoms with E-state index >= 15 is 0 Å². The summed E-state index contributed by atoms with van der Waals surface area (Å²) in [7, 11) is 1.47. The van der Waals surface area contributed by atoms with Crippen LogP contribution in [0, 0.1) is 0 Å². The van der Waals surface area contributed by atoms with Gasteiger partial charge in [-0.3, -0.25) is 10.00 Å². The molecule has 0 spiro atoms. The zero-order chi connectivity index (χ0) is 18.6. The molecular formula is C14H12F5N3O3. The first kappa shape index (κ1) is 18.5. The SMILES string of the molecule is Cn1cc(OC(=O)Nc2ccccc2OC(F)(F)C(F)F)c(CF)n1. The van der Waals surface area contributed by atoms with Crippen molar-refractivity contribution < 1.29 is 36.2 Å². The highest BCUT2D eigenvalue weighted by atomic mass is 19.3. The van der Waals surface area contributed by atoms with Crippen LogP contribution in [0.5, 0.6) is 11.5 Å². The van der Waals surface area contributed by atoms with Gasteiger partial charge in [0.05, 0.1) is 11.9 Å². The maximum Gasteiger partial charge on any atom is 0.461 e. The lowest BCUT2D eigenvalue weighted by atomic mass is 10.3. The van der Waals surface area contributed by atoms with Gasteiger partial charge in [-0.15, -0.1) is 0 Å². The number of hydrogen-bond acceptors (Lipinski definition) is 4. The van der Waals surface area contributed by atoms with Crippen LogP contribution in [0.1, 0.15) is 5.69 Å². The van der Waals surface area contributed by atoms with Gasteiger partial charge in [-0.1, -0.05) is 12.1 Å². The summed E-state index contributed by atoms with van der Waals surface area (Å²) < 4.78 is 73.3. The Hall–Kier alpha value is -2.85. The predicted octanol–water partition coefficient (Wildman–Crippen LogP) is 3.74. The van der Waals surface area contributed by atoms with E-state index in [1.165, 1.54) is 30.1 Å². The number of aryl methyl sites for hydroxylation is 1. The van der Waals surface area contributed by atoms with E-state index in [0.717, 1.165) is 12.1 Å². The summed E-state index contributed by atoms with van der Waals surface area (Å²) in [6.45, 7) is -0.996. The van der Waals surface area contributed by atoms with Gasteiger partial charge in [0, 0.05) is 7.05 Å². The average Bonchev–Trinajstić information content (AvgIpc) is 2.88. The summed E-state index contributed by atoms with van der Waals surface area (Å²) in [5.41, 5.74) is -0.482. The van der Waals surface area contributed by atoms with Crippen LogP contribution in [0.2, 0.25) is 0 Å². The fourth-order valence-electron chi connectivity index (χ4n) is 1.78. The third-order valence-electron chi connectivity index (χ3n) is 2.82. The maximum absolute atomic E-state index is 13.0. The molecule has 136 valence electrons. The molecule has 0 atom stereocenters. The number of carbonyl (C=O) groups excluding carboxylic acids is 1. The van der Waals surface area contributed by atoms with Crippen LogP contribution < -0.4 is 14.8 Å². The number of aromatic nitrogens is 2. The van der Waals surface area contributed by atoms with E-state index in [1.807, 2.05) is 0 Å². The minimum atomic E-state index is -4.74. The van der Waals surface area contributed by atoms with E-state index in [0.29, 0.717) is 0 Å². The second kappa shape index (κ2) is 7.36. The largest absolute Gasteiger partial charge is 0.461 e. The first-order chi connectivity index (χ1) is 11.7. The van der Waals surface area contributed by atoms with E-state index in [-0.39, 0.29) is 17.1 Å². The number of alkyl halides is 5. The molecule has 1 N–H and O–H groups in total. The quantitative estimate of drug-likeness (QED) is 0.792. The second-order valence-electron chi connectivity index (χ2n) is 4.72. The van der Waals surface area contributed by atoms with Gasteiger partial charge in [0.15, 0.2) is 5.75 Å². The predicted molar refractivity (Wildman–Crippen MR) is 75.7 cm³/mol. The van der Waals surface area contributed by atoms with Gasteiger partial charge < -0.3 is 9.47 Å². The van der Waals surface area contributed by atoms with E-state index in [9.17, 15) is 26.7 Å². The Morgan fingerprint density at radius 3 is 2.64 bits per heavy atom. The molecular weight excluding hydrogens is 353 g/mol. The molecule has 0 fully saturated rings. The Morgan fingerprint density at radius 2 is 2.00 bits per heavy atom. The number of para-hydroxylation sites is 2. The number of nitrogens with zero attached hydrogens (tertiary/aromatic N) is 2. The minimum absolute atomic E-state index is 0.147. The average molecular weight is 365 g/mol. The number of halogens is 5. The zero-order valence-corrected chi connectivity index (χ0v) is 12.7. The molecule has 1 heterocycles. The van der Waals surface area contributed by atoms with E-state index < -0.39 is 31.1 Å². The Bertz CT molecular complexity index is 751. The molecule has 1 aromatic heterocycles. The smallest absolute Gasteiger partial charge is 0.426 e. The molecule has 25 heavy (non-hydrogen) atoms. The van der Waals surface area contributed by atoms with Crippen molar-refractivity contribution in [1.82, 2.24) is 9.78 Å². The molecule has 0 aliphatic carbocycles. The third kappa shape index (κ3) is 4.58. The molecule has 2 aromatic rings. The van der Waals surface area contributed by atoms with Crippen LogP contribution in [0.15, 0.2) is 30.5 Å². The summed E-state index contributed by atoms with van der Waals surface area (Å²) >= 11 is 0. The van der Waals surface area contributed by atoms with Crippen molar-refractivity contribution in [2.75, 3.05) is 5.32 Å². The third-order valence-corrected chi connectivity index (χ3v) is 2.82. The molecule has 0 bridgehead atoms. The number of benzene rings is 1. The van der Waals surface area contributed by atoms with Gasteiger partial charge in [-0.25, -0.2) is 9.18 Å². The standard InChI is InChI=1S/C14H12F5N3O3/c1-22-7-11(9(6-15)21-22)24-13(23)20-8-4-2-3-5-10(8)25-14(18,19)12(16)17/h2-5,7,12H,6H2,1H3,(H,20,23). The molecule has 0 aliphatic rings. The lowest BCUT2D eigenvalue weighted by Crippen LogP contribution is -2.33. The Balaban J connectivity index is 2.13. The van der Waals surface area contributed by atoms with Crippen LogP contribution in [-0.2, 0) is 13.7 Å². The molecule has 1 aromatic carbocycles. The summed E-state index contributed by atoms with van der Waals surface area (Å²) in [5, 5.41) is 5.76. The Morgan fingerprint density at radius 1 is 1.32 bits per heavy atom. The lowest BCUT2D eigenvalue weighted by molar-refractivity contribution is -0.252. The van der Waals surface area contributed by atoms with Crippen molar-refractivity contribution in [3.63, 3.8) is 0 Å². The minimum Gasteiger partial charge on any atom is -0.426 e. The Labute approximate surface area is 138 Å². The van der Waals surface area contributed by atoms with Crippen molar-refractivity contribution in [2.24, 2.45) is 7.05 Å². The van der Waals surface area contributed by atoms with Crippen molar-refractivity contribution >= 4 is 11.8 Å². The van der Waals surface area contributed by atoms with Crippen LogP contribution in [0.3, 0.4) is 0 Å². The van der Waals surface area contributed by atoms with Crippen molar-refractivity contribution in [2.45, 2.75) is 19.2 Å². The fraction of sp³-hybridized carbons (Fsp3) is 0.286. The molecule has 6 nitrogen and oxygen atoms in total. The van der Waals surface area contributed by atoms with Gasteiger partial charge in [0.2, 0.25) is 0 Å². The van der Waals surface area contributed by atoms with Crippen LogP contribution in [0.4, 0.5) is 32.4 Å². The monoisotopic (exact) mass is 365 g/mol. The number of ether oxygens (including phenoxy) is 2. The number of carbonyl (C=O) groups is 1. The molecule has 0 saturated heterocycles. The highest BCUT2D eigenvalue weighted by molar-refractivity contribution is 5.88. The molecule has 11 heteroatoms. The summed E-state index contributed by atoms with van der Waals surface area (Å²) in [4.78, 5) is 11.8. The lowest BCUT2D eigenvalue weighted by Gasteiger charge is -2.19. The normalized spacial score (nSPS) is 11.5. The highest BCUT2D eigenvalue weighted by Crippen LogP contribution is 2.32. The number of amides is 1. The molecule has 0 aliphatic heterocycles. The van der Waals surface area contributed by atoms with Crippen molar-refractivity contribution in [3.05, 3.63) is 36.2 Å². The first-order valence-corrected chi connectivity index (χ1v) is 6.74. The number of rotatable bonds is 6. The summed E-state index contributed by atoms with van der Waals surface area (Å²) in [6, 6.07) is 4.69. The molecule has 0 saturated carbocycles. The van der Waals surface area contributed by atoms with Crippen LogP contribution in [-0.4, -0.2) is 28.4 Å². The van der Waals surface area contributed by atoms with Gasteiger partial charge in [-0.05, 0) is 12.1 Å². The molecule has 0 radical (unpaired) electrons. The van der Waals surface area contributed by atoms with Crippen molar-refractivity contribution in [3.8, 4) is 11.5 Å². The van der Waals surface area contributed by atoms with Crippen LogP contribution >= 0.6 is 0 Å². The number of nitrogens with one attached hydrogen (secondary N) is 1. The van der Waals surface area contributed by atoms with Crippen LogP contribution in [0.25, 0.3) is 0 Å². The number of hydrogen-bond donors (Lipinski definition) is 1. The second-order valence-corrected chi connectivity index (χ2v) is 4.72. The zero-order valence-electron chi connectivity index (χ0n) is 12.7. The van der Waals surface area contributed by atoms with E-state index in [4.69, 9.17) is 4.74 Å². The van der Waals surface area contributed by atoms with E-state index in [2.05, 4.69) is 15.2 Å². The summed E-state index contributed by atoms with van der Waals surface area (Å²) in [5.74, 6) is -0.875. The van der Waals surface area contributed by atoms with Gasteiger partial charge >= 0.3 is 18.6 Å². The van der Waals surface area contributed by atoms with Crippen molar-refractivity contribution in [1.29, 1.82) is 0 Å². The Kier molecular flexibility index (Phi) is 5.45. The number of anilines is 1. The van der Waals surface area contributed by atoms with Gasteiger partial charge in [0.1, 0.15) is 18.1 Å². The molecule has 0 unspecified atom stereocenters. The molecule has 2 rings (SSSR count). The molecule has 1 amide bonds. The maximum atomic E-state index is 13.0. The highest BCUT2D eigenvalue weighted by Gasteiger charge is 2.44. The first-order valence-electron chi connectivity index (χ1n) is 6.74. The van der Waals surface area contributed by atoms with E-state index in [1.54, 1.807) is 0 Å². The fourth-order valence-corrected chi connectivity index (χ4v) is 1.78. The van der Waals surface area contributed by atoms with Gasteiger partial charge in [-0.2, -0.15) is 22.7 Å². The summed E-state index contributed by atoms with van der Waals surface area (Å²) in [6.07, 6.45) is -8.75.